The number of carbonyl (C=O) groups is 1. The van der Waals surface area contributed by atoms with Gasteiger partial charge in [-0.05, 0) is 35.9 Å². The zero-order valence-corrected chi connectivity index (χ0v) is 14.9. The average Bonchev–Trinajstić information content (AvgIpc) is 2.69. The van der Waals surface area contributed by atoms with Gasteiger partial charge in [0.25, 0.3) is 5.91 Å². The van der Waals surface area contributed by atoms with Gasteiger partial charge in [-0.25, -0.2) is 0 Å². The van der Waals surface area contributed by atoms with Crippen molar-refractivity contribution in [1.29, 1.82) is 5.26 Å². The lowest BCUT2D eigenvalue weighted by Gasteiger charge is -2.28. The van der Waals surface area contributed by atoms with E-state index in [0.717, 1.165) is 37.6 Å². The van der Waals surface area contributed by atoms with Crippen molar-refractivity contribution in [3.8, 4) is 6.07 Å². The second kappa shape index (κ2) is 8.52. The second-order valence-electron chi connectivity index (χ2n) is 5.79. The van der Waals surface area contributed by atoms with Gasteiger partial charge >= 0.3 is 0 Å². The molecule has 1 heterocycles. The molecule has 0 atom stereocenters. The highest BCUT2D eigenvalue weighted by Crippen LogP contribution is 2.22. The summed E-state index contributed by atoms with van der Waals surface area (Å²) in [6.45, 7) is 3.17. The van der Waals surface area contributed by atoms with Crippen molar-refractivity contribution in [1.82, 2.24) is 0 Å². The van der Waals surface area contributed by atoms with Crippen LogP contribution in [0, 0.1) is 11.3 Å². The number of nitriles is 1. The Balaban J connectivity index is 1.73. The Morgan fingerprint density at radius 1 is 1.15 bits per heavy atom. The SMILES string of the molecule is N#C/C(=C/c1ccc(N2CCOCC2)cc1)C(=O)Nc1ccccc1Cl. The maximum Gasteiger partial charge on any atom is 0.266 e. The molecular formula is C20H18ClN3O2. The molecule has 0 spiro atoms. The number of hydrogen-bond donors (Lipinski definition) is 1. The maximum absolute atomic E-state index is 12.3. The molecule has 0 radical (unpaired) electrons. The van der Waals surface area contributed by atoms with E-state index < -0.39 is 5.91 Å². The van der Waals surface area contributed by atoms with Crippen LogP contribution >= 0.6 is 11.6 Å². The van der Waals surface area contributed by atoms with Crippen molar-refractivity contribution in [2.45, 2.75) is 0 Å². The summed E-state index contributed by atoms with van der Waals surface area (Å²) in [6, 6.07) is 16.6. The molecule has 2 aromatic rings. The molecule has 0 aromatic heterocycles. The van der Waals surface area contributed by atoms with Gasteiger partial charge in [-0.1, -0.05) is 35.9 Å². The van der Waals surface area contributed by atoms with E-state index >= 15 is 0 Å². The lowest BCUT2D eigenvalue weighted by atomic mass is 10.1. The van der Waals surface area contributed by atoms with Crippen molar-refractivity contribution in [2.75, 3.05) is 36.5 Å². The largest absolute Gasteiger partial charge is 0.378 e. The topological polar surface area (TPSA) is 65.4 Å². The molecule has 3 rings (SSSR count). The Labute approximate surface area is 157 Å². The van der Waals surface area contributed by atoms with E-state index in [1.807, 2.05) is 30.3 Å². The van der Waals surface area contributed by atoms with Crippen LogP contribution in [-0.2, 0) is 9.53 Å². The van der Waals surface area contributed by atoms with Gasteiger partial charge in [0.15, 0.2) is 0 Å². The van der Waals surface area contributed by atoms with Gasteiger partial charge < -0.3 is 15.0 Å². The van der Waals surface area contributed by atoms with E-state index in [-0.39, 0.29) is 5.57 Å². The van der Waals surface area contributed by atoms with Gasteiger partial charge in [-0.2, -0.15) is 5.26 Å². The number of carbonyl (C=O) groups excluding carboxylic acids is 1. The summed E-state index contributed by atoms with van der Waals surface area (Å²) >= 11 is 6.04. The lowest BCUT2D eigenvalue weighted by molar-refractivity contribution is -0.112. The quantitative estimate of drug-likeness (QED) is 0.660. The monoisotopic (exact) mass is 367 g/mol. The molecule has 1 fully saturated rings. The molecule has 6 heteroatoms. The zero-order valence-electron chi connectivity index (χ0n) is 14.1. The predicted octanol–water partition coefficient (Wildman–Crippen LogP) is 3.72. The van der Waals surface area contributed by atoms with Crippen LogP contribution in [0.3, 0.4) is 0 Å². The van der Waals surface area contributed by atoms with Gasteiger partial charge in [0.05, 0.1) is 23.9 Å². The Bertz CT molecular complexity index is 850. The van der Waals surface area contributed by atoms with Crippen molar-refractivity contribution in [2.24, 2.45) is 0 Å². The van der Waals surface area contributed by atoms with Crippen LogP contribution in [0.25, 0.3) is 6.08 Å². The molecule has 0 aliphatic carbocycles. The van der Waals surface area contributed by atoms with Gasteiger partial charge in [0, 0.05) is 18.8 Å². The molecule has 1 aliphatic heterocycles. The summed E-state index contributed by atoms with van der Waals surface area (Å²) in [6.07, 6.45) is 1.56. The Kier molecular flexibility index (Phi) is 5.90. The third-order valence-corrected chi connectivity index (χ3v) is 4.40. The first-order valence-corrected chi connectivity index (χ1v) is 8.65. The van der Waals surface area contributed by atoms with E-state index in [9.17, 15) is 10.1 Å². The Hall–Kier alpha value is -2.81. The molecule has 0 saturated carbocycles. The first-order valence-electron chi connectivity index (χ1n) is 8.28. The molecule has 26 heavy (non-hydrogen) atoms. The highest BCUT2D eigenvalue weighted by molar-refractivity contribution is 6.34. The molecule has 1 saturated heterocycles. The van der Waals surface area contributed by atoms with Crippen LogP contribution in [0.15, 0.2) is 54.1 Å². The Morgan fingerprint density at radius 2 is 1.85 bits per heavy atom. The molecule has 0 unspecified atom stereocenters. The normalized spacial score (nSPS) is 14.6. The van der Waals surface area contributed by atoms with Crippen LogP contribution in [-0.4, -0.2) is 32.2 Å². The number of nitrogens with one attached hydrogen (secondary N) is 1. The van der Waals surface area contributed by atoms with Crippen molar-refractivity contribution in [3.63, 3.8) is 0 Å². The first-order chi connectivity index (χ1) is 12.7. The summed E-state index contributed by atoms with van der Waals surface area (Å²) in [5.74, 6) is -0.488. The minimum atomic E-state index is -0.488. The molecule has 1 aliphatic rings. The van der Waals surface area contributed by atoms with E-state index in [0.29, 0.717) is 10.7 Å². The van der Waals surface area contributed by atoms with Crippen LogP contribution < -0.4 is 10.2 Å². The fourth-order valence-electron chi connectivity index (χ4n) is 2.67. The fourth-order valence-corrected chi connectivity index (χ4v) is 2.85. The first kappa shape index (κ1) is 18.0. The third kappa shape index (κ3) is 4.42. The van der Waals surface area contributed by atoms with Crippen molar-refractivity contribution in [3.05, 3.63) is 64.7 Å². The number of rotatable bonds is 4. The van der Waals surface area contributed by atoms with Gasteiger partial charge in [-0.15, -0.1) is 0 Å². The standard InChI is InChI=1S/C20H18ClN3O2/c21-18-3-1-2-4-19(18)23-20(25)16(14-22)13-15-5-7-17(8-6-15)24-9-11-26-12-10-24/h1-8,13H,9-12H2,(H,23,25)/b16-13-. The highest BCUT2D eigenvalue weighted by atomic mass is 35.5. The molecule has 0 bridgehead atoms. The lowest BCUT2D eigenvalue weighted by Crippen LogP contribution is -2.36. The molecule has 1 N–H and O–H groups in total. The molecule has 132 valence electrons. The number of ether oxygens (including phenoxy) is 1. The molecule has 5 nitrogen and oxygen atoms in total. The number of anilines is 2. The predicted molar refractivity (Wildman–Crippen MR) is 103 cm³/mol. The number of morpholine rings is 1. The summed E-state index contributed by atoms with van der Waals surface area (Å²) in [5.41, 5.74) is 2.38. The minimum absolute atomic E-state index is 0.0176. The smallest absolute Gasteiger partial charge is 0.266 e. The number of amides is 1. The fraction of sp³-hybridized carbons (Fsp3) is 0.200. The van der Waals surface area contributed by atoms with Crippen LogP contribution in [0.5, 0.6) is 0 Å². The van der Waals surface area contributed by atoms with Crippen LogP contribution in [0.4, 0.5) is 11.4 Å². The molecule has 2 aromatic carbocycles. The summed E-state index contributed by atoms with van der Waals surface area (Å²) in [7, 11) is 0. The number of halogens is 1. The molecular weight excluding hydrogens is 350 g/mol. The minimum Gasteiger partial charge on any atom is -0.378 e. The third-order valence-electron chi connectivity index (χ3n) is 4.07. The summed E-state index contributed by atoms with van der Waals surface area (Å²) in [4.78, 5) is 14.6. The zero-order chi connectivity index (χ0) is 18.4. The summed E-state index contributed by atoms with van der Waals surface area (Å²) in [5, 5.41) is 12.4. The van der Waals surface area contributed by atoms with E-state index in [1.54, 1.807) is 30.3 Å². The highest BCUT2D eigenvalue weighted by Gasteiger charge is 2.13. The van der Waals surface area contributed by atoms with E-state index in [4.69, 9.17) is 16.3 Å². The van der Waals surface area contributed by atoms with E-state index in [2.05, 4.69) is 10.2 Å². The van der Waals surface area contributed by atoms with Crippen LogP contribution in [0.1, 0.15) is 5.56 Å². The summed E-state index contributed by atoms with van der Waals surface area (Å²) < 4.78 is 5.35. The van der Waals surface area contributed by atoms with Crippen LogP contribution in [0.2, 0.25) is 5.02 Å². The molecule has 1 amide bonds. The van der Waals surface area contributed by atoms with Crippen molar-refractivity contribution >= 4 is 35.0 Å². The second-order valence-corrected chi connectivity index (χ2v) is 6.20. The number of benzene rings is 2. The number of hydrogen-bond acceptors (Lipinski definition) is 4. The van der Waals surface area contributed by atoms with Crippen molar-refractivity contribution < 1.29 is 9.53 Å². The number of nitrogens with zero attached hydrogens (tertiary/aromatic N) is 2. The van der Waals surface area contributed by atoms with Gasteiger partial charge in [0.2, 0.25) is 0 Å². The van der Waals surface area contributed by atoms with Gasteiger partial charge in [-0.3, -0.25) is 4.79 Å². The van der Waals surface area contributed by atoms with E-state index in [1.165, 1.54) is 0 Å². The van der Waals surface area contributed by atoms with Gasteiger partial charge in [0.1, 0.15) is 11.6 Å². The average molecular weight is 368 g/mol. The Morgan fingerprint density at radius 3 is 2.50 bits per heavy atom. The maximum atomic E-state index is 12.3. The number of para-hydroxylation sites is 1.